The van der Waals surface area contributed by atoms with Crippen molar-refractivity contribution in [3.8, 4) is 0 Å². The first-order valence-electron chi connectivity index (χ1n) is 3.30. The Bertz CT molecular complexity index is 186. The lowest BCUT2D eigenvalue weighted by atomic mass is 9.78. The average molecular weight is 185 g/mol. The van der Waals surface area contributed by atoms with Gasteiger partial charge in [-0.3, -0.25) is 0 Å². The summed E-state index contributed by atoms with van der Waals surface area (Å²) in [7, 11) is 0. The lowest BCUT2D eigenvalue weighted by molar-refractivity contribution is -0.193. The maximum Gasteiger partial charge on any atom is 0.296 e. The number of hydrogen-bond acceptors (Lipinski definition) is 0. The molecule has 64 valence electrons. The SMILES string of the molecule is C/C=C\C1CC(F)(F)C1(F)Cl. The zero-order valence-electron chi connectivity index (χ0n) is 5.95. The van der Waals surface area contributed by atoms with Gasteiger partial charge in [0.25, 0.3) is 11.1 Å². The second-order valence-electron chi connectivity index (χ2n) is 2.66. The third kappa shape index (κ3) is 1.15. The summed E-state index contributed by atoms with van der Waals surface area (Å²) in [5, 5.41) is -2.86. The quantitative estimate of drug-likeness (QED) is 0.434. The molecule has 0 N–H and O–H groups in total. The molecule has 0 nitrogen and oxygen atoms in total. The van der Waals surface area contributed by atoms with Crippen LogP contribution in [0.15, 0.2) is 12.2 Å². The molecule has 2 atom stereocenters. The smallest absolute Gasteiger partial charge is 0.219 e. The summed E-state index contributed by atoms with van der Waals surface area (Å²) in [4.78, 5) is 0. The highest BCUT2D eigenvalue weighted by Crippen LogP contribution is 2.57. The van der Waals surface area contributed by atoms with E-state index in [0.29, 0.717) is 0 Å². The molecule has 0 aromatic rings. The van der Waals surface area contributed by atoms with Crippen LogP contribution >= 0.6 is 11.6 Å². The highest BCUT2D eigenvalue weighted by atomic mass is 35.5. The normalized spacial score (nSPS) is 42.5. The third-order valence-corrected chi connectivity index (χ3v) is 2.41. The van der Waals surface area contributed by atoms with Crippen LogP contribution in [0.3, 0.4) is 0 Å². The molecule has 2 unspecified atom stereocenters. The van der Waals surface area contributed by atoms with Gasteiger partial charge in [0.2, 0.25) is 0 Å². The van der Waals surface area contributed by atoms with Gasteiger partial charge in [-0.05, 0) is 6.92 Å². The molecule has 0 heterocycles. The van der Waals surface area contributed by atoms with E-state index in [2.05, 4.69) is 0 Å². The summed E-state index contributed by atoms with van der Waals surface area (Å²) in [5.41, 5.74) is 0. The lowest BCUT2D eigenvalue weighted by Crippen LogP contribution is -2.57. The van der Waals surface area contributed by atoms with Crippen LogP contribution in [0.5, 0.6) is 0 Å². The van der Waals surface area contributed by atoms with Gasteiger partial charge in [-0.1, -0.05) is 23.8 Å². The van der Waals surface area contributed by atoms with E-state index >= 15 is 0 Å². The van der Waals surface area contributed by atoms with Crippen molar-refractivity contribution in [3.63, 3.8) is 0 Å². The first kappa shape index (κ1) is 8.91. The van der Waals surface area contributed by atoms with Crippen LogP contribution in [0, 0.1) is 5.92 Å². The molecule has 1 aliphatic carbocycles. The van der Waals surface area contributed by atoms with Crippen LogP contribution in [0.4, 0.5) is 13.2 Å². The van der Waals surface area contributed by atoms with Crippen molar-refractivity contribution in [2.24, 2.45) is 5.92 Å². The average Bonchev–Trinajstić information content (AvgIpc) is 1.87. The van der Waals surface area contributed by atoms with Gasteiger partial charge in [-0.15, -0.1) is 0 Å². The van der Waals surface area contributed by atoms with Gasteiger partial charge in [0.05, 0.1) is 0 Å². The standard InChI is InChI=1S/C7H8ClF3/c1-2-3-5-4-6(9,10)7(5,8)11/h2-3,5H,4H2,1H3/b3-2-. The Morgan fingerprint density at radius 2 is 2.00 bits per heavy atom. The monoisotopic (exact) mass is 184 g/mol. The van der Waals surface area contributed by atoms with Crippen LogP contribution in [0.25, 0.3) is 0 Å². The minimum atomic E-state index is -3.36. The molecule has 0 bridgehead atoms. The number of halogens is 4. The van der Waals surface area contributed by atoms with E-state index in [-0.39, 0.29) is 0 Å². The first-order valence-corrected chi connectivity index (χ1v) is 3.68. The van der Waals surface area contributed by atoms with Crippen LogP contribution in [-0.4, -0.2) is 11.1 Å². The Kier molecular flexibility index (Phi) is 1.95. The van der Waals surface area contributed by atoms with E-state index < -0.39 is 23.4 Å². The Morgan fingerprint density at radius 3 is 2.27 bits per heavy atom. The predicted molar refractivity (Wildman–Crippen MR) is 37.6 cm³/mol. The second kappa shape index (κ2) is 2.41. The van der Waals surface area contributed by atoms with Gasteiger partial charge in [-0.2, -0.15) is 0 Å². The van der Waals surface area contributed by atoms with E-state index in [4.69, 9.17) is 11.6 Å². The summed E-state index contributed by atoms with van der Waals surface area (Å²) in [5.74, 6) is -4.21. The van der Waals surface area contributed by atoms with E-state index in [1.807, 2.05) is 0 Å². The third-order valence-electron chi connectivity index (χ3n) is 1.85. The van der Waals surface area contributed by atoms with Crippen LogP contribution in [-0.2, 0) is 0 Å². The molecule has 1 aliphatic rings. The fraction of sp³-hybridized carbons (Fsp3) is 0.714. The van der Waals surface area contributed by atoms with Crippen molar-refractivity contribution in [1.29, 1.82) is 0 Å². The predicted octanol–water partition coefficient (Wildman–Crippen LogP) is 3.12. The highest BCUT2D eigenvalue weighted by molar-refractivity contribution is 6.24. The minimum Gasteiger partial charge on any atom is -0.219 e. The largest absolute Gasteiger partial charge is 0.296 e. The summed E-state index contributed by atoms with van der Waals surface area (Å²) >= 11 is 4.97. The molecule has 0 radical (unpaired) electrons. The Labute approximate surface area is 68.0 Å². The fourth-order valence-corrected chi connectivity index (χ4v) is 1.33. The number of alkyl halides is 4. The molecule has 0 spiro atoms. The summed E-state index contributed by atoms with van der Waals surface area (Å²) in [6.45, 7) is 1.64. The van der Waals surface area contributed by atoms with Gasteiger partial charge in [-0.25, -0.2) is 13.2 Å². The molecule has 4 heteroatoms. The van der Waals surface area contributed by atoms with Crippen molar-refractivity contribution in [2.75, 3.05) is 0 Å². The Hall–Kier alpha value is -0.180. The van der Waals surface area contributed by atoms with E-state index in [0.717, 1.165) is 0 Å². The van der Waals surface area contributed by atoms with Crippen LogP contribution < -0.4 is 0 Å². The fourth-order valence-electron chi connectivity index (χ4n) is 1.10. The molecule has 0 aromatic carbocycles. The van der Waals surface area contributed by atoms with Gasteiger partial charge >= 0.3 is 0 Å². The molecule has 1 fully saturated rings. The van der Waals surface area contributed by atoms with Crippen LogP contribution in [0.2, 0.25) is 0 Å². The van der Waals surface area contributed by atoms with Gasteiger partial charge in [0, 0.05) is 12.3 Å². The lowest BCUT2D eigenvalue weighted by Gasteiger charge is -2.44. The molecular weight excluding hydrogens is 177 g/mol. The summed E-state index contributed by atoms with van der Waals surface area (Å²) in [6.07, 6.45) is 2.40. The summed E-state index contributed by atoms with van der Waals surface area (Å²) in [6, 6.07) is 0. The molecule has 1 saturated carbocycles. The highest BCUT2D eigenvalue weighted by Gasteiger charge is 2.68. The van der Waals surface area contributed by atoms with Crippen molar-refractivity contribution < 1.29 is 13.2 Å². The van der Waals surface area contributed by atoms with E-state index in [9.17, 15) is 13.2 Å². The molecule has 1 rings (SSSR count). The molecule has 0 amide bonds. The Balaban J connectivity index is 2.69. The number of rotatable bonds is 1. The van der Waals surface area contributed by atoms with Gasteiger partial charge < -0.3 is 0 Å². The summed E-state index contributed by atoms with van der Waals surface area (Å²) < 4.78 is 37.5. The second-order valence-corrected chi connectivity index (χ2v) is 3.21. The molecular formula is C7H8ClF3. The van der Waals surface area contributed by atoms with E-state index in [1.165, 1.54) is 12.2 Å². The zero-order valence-corrected chi connectivity index (χ0v) is 6.71. The maximum atomic E-state index is 12.8. The van der Waals surface area contributed by atoms with Crippen LogP contribution in [0.1, 0.15) is 13.3 Å². The molecule has 0 aliphatic heterocycles. The first-order chi connectivity index (χ1) is 4.92. The van der Waals surface area contributed by atoms with Gasteiger partial charge in [0.1, 0.15) is 0 Å². The Morgan fingerprint density at radius 1 is 1.45 bits per heavy atom. The van der Waals surface area contributed by atoms with E-state index in [1.54, 1.807) is 6.92 Å². The topological polar surface area (TPSA) is 0 Å². The zero-order chi connectivity index (χ0) is 8.70. The van der Waals surface area contributed by atoms with Gasteiger partial charge in [0.15, 0.2) is 0 Å². The number of allylic oxidation sites excluding steroid dienone is 2. The molecule has 11 heavy (non-hydrogen) atoms. The number of hydrogen-bond donors (Lipinski definition) is 0. The minimum absolute atomic E-state index is 0.489. The maximum absolute atomic E-state index is 12.8. The molecule has 0 saturated heterocycles. The van der Waals surface area contributed by atoms with Crippen molar-refractivity contribution in [1.82, 2.24) is 0 Å². The van der Waals surface area contributed by atoms with Crippen molar-refractivity contribution >= 4 is 11.6 Å². The van der Waals surface area contributed by atoms with Crippen molar-refractivity contribution in [3.05, 3.63) is 12.2 Å². The van der Waals surface area contributed by atoms with Crippen molar-refractivity contribution in [2.45, 2.75) is 24.4 Å². The molecule has 0 aromatic heterocycles.